The summed E-state index contributed by atoms with van der Waals surface area (Å²) in [6, 6.07) is 10.2. The molecule has 1 amide bonds. The summed E-state index contributed by atoms with van der Waals surface area (Å²) in [7, 11) is 0. The third-order valence-corrected chi connectivity index (χ3v) is 3.42. The van der Waals surface area contributed by atoms with Crippen LogP contribution in [0.15, 0.2) is 46.9 Å². The highest BCUT2D eigenvalue weighted by Crippen LogP contribution is 2.26. The van der Waals surface area contributed by atoms with E-state index in [-0.39, 0.29) is 5.56 Å². The molecule has 0 aliphatic carbocycles. The highest BCUT2D eigenvalue weighted by Gasteiger charge is 2.21. The maximum absolute atomic E-state index is 13.8. The molecule has 1 atom stereocenters. The zero-order valence-corrected chi connectivity index (χ0v) is 12.6. The number of primary amides is 1. The van der Waals surface area contributed by atoms with Crippen LogP contribution in [0.1, 0.15) is 11.6 Å². The number of amides is 1. The minimum absolute atomic E-state index is 0.116. The van der Waals surface area contributed by atoms with Crippen molar-refractivity contribution in [2.24, 2.45) is 5.73 Å². The van der Waals surface area contributed by atoms with Crippen molar-refractivity contribution in [3.63, 3.8) is 0 Å². The maximum atomic E-state index is 13.8. The van der Waals surface area contributed by atoms with Gasteiger partial charge in [-0.25, -0.2) is 4.39 Å². The van der Waals surface area contributed by atoms with E-state index in [4.69, 9.17) is 17.3 Å². The van der Waals surface area contributed by atoms with E-state index in [0.717, 1.165) is 4.47 Å². The Balaban J connectivity index is 2.37. The first-order valence-corrected chi connectivity index (χ1v) is 6.91. The predicted octanol–water partition coefficient (Wildman–Crippen LogP) is 3.88. The van der Waals surface area contributed by atoms with E-state index in [9.17, 15) is 9.18 Å². The van der Waals surface area contributed by atoms with Crippen LogP contribution in [-0.2, 0) is 4.79 Å². The average molecular weight is 358 g/mol. The quantitative estimate of drug-likeness (QED) is 0.872. The van der Waals surface area contributed by atoms with Gasteiger partial charge in [0.1, 0.15) is 11.9 Å². The van der Waals surface area contributed by atoms with Crippen LogP contribution in [0.3, 0.4) is 0 Å². The summed E-state index contributed by atoms with van der Waals surface area (Å²) in [5.41, 5.74) is 6.11. The molecular weight excluding hydrogens is 347 g/mol. The first-order valence-electron chi connectivity index (χ1n) is 5.74. The first kappa shape index (κ1) is 14.8. The largest absolute Gasteiger partial charge is 0.370 e. The Morgan fingerprint density at radius 1 is 1.30 bits per heavy atom. The van der Waals surface area contributed by atoms with Gasteiger partial charge < -0.3 is 11.1 Å². The van der Waals surface area contributed by atoms with Gasteiger partial charge >= 0.3 is 0 Å². The molecule has 3 nitrogen and oxygen atoms in total. The normalized spacial score (nSPS) is 11.9. The van der Waals surface area contributed by atoms with E-state index in [2.05, 4.69) is 21.2 Å². The Hall–Kier alpha value is -1.59. The van der Waals surface area contributed by atoms with Crippen molar-refractivity contribution in [2.75, 3.05) is 5.32 Å². The number of nitrogens with two attached hydrogens (primary N) is 1. The molecule has 0 bridgehead atoms. The molecule has 104 valence electrons. The number of nitrogens with one attached hydrogen (secondary N) is 1. The van der Waals surface area contributed by atoms with Crippen LogP contribution in [0, 0.1) is 5.82 Å². The lowest BCUT2D eigenvalue weighted by molar-refractivity contribution is -0.118. The highest BCUT2D eigenvalue weighted by atomic mass is 79.9. The number of carbonyl (C=O) groups excluding carboxylic acids is 1. The highest BCUT2D eigenvalue weighted by molar-refractivity contribution is 9.10. The van der Waals surface area contributed by atoms with Crippen molar-refractivity contribution in [3.05, 3.63) is 63.3 Å². The number of hydrogen-bond donors (Lipinski definition) is 2. The molecule has 2 rings (SSSR count). The third-order valence-electron chi connectivity index (χ3n) is 2.69. The topological polar surface area (TPSA) is 55.1 Å². The number of rotatable bonds is 4. The molecule has 0 aromatic heterocycles. The van der Waals surface area contributed by atoms with Gasteiger partial charge in [-0.05, 0) is 36.4 Å². The van der Waals surface area contributed by atoms with Crippen molar-refractivity contribution in [1.29, 1.82) is 0 Å². The van der Waals surface area contributed by atoms with Crippen LogP contribution >= 0.6 is 27.5 Å². The molecule has 0 saturated carbocycles. The molecule has 0 heterocycles. The van der Waals surface area contributed by atoms with Gasteiger partial charge in [-0.1, -0.05) is 33.6 Å². The zero-order valence-electron chi connectivity index (χ0n) is 10.2. The molecule has 0 fully saturated rings. The van der Waals surface area contributed by atoms with Crippen molar-refractivity contribution >= 4 is 39.1 Å². The number of halogens is 3. The second kappa shape index (κ2) is 6.24. The van der Waals surface area contributed by atoms with Crippen LogP contribution < -0.4 is 11.1 Å². The Kier molecular flexibility index (Phi) is 4.62. The molecule has 0 saturated heterocycles. The van der Waals surface area contributed by atoms with E-state index in [1.165, 1.54) is 18.2 Å². The Bertz CT molecular complexity index is 651. The molecule has 0 aliphatic heterocycles. The molecule has 0 radical (unpaired) electrons. The third kappa shape index (κ3) is 3.49. The summed E-state index contributed by atoms with van der Waals surface area (Å²) in [6.45, 7) is 0. The molecule has 0 spiro atoms. The minimum atomic E-state index is -0.997. The molecule has 2 aromatic carbocycles. The molecule has 1 unspecified atom stereocenters. The van der Waals surface area contributed by atoms with Crippen molar-refractivity contribution in [3.8, 4) is 0 Å². The molecule has 20 heavy (non-hydrogen) atoms. The van der Waals surface area contributed by atoms with E-state index in [1.807, 2.05) is 6.07 Å². The predicted molar refractivity (Wildman–Crippen MR) is 81.1 cm³/mol. The minimum Gasteiger partial charge on any atom is -0.370 e. The van der Waals surface area contributed by atoms with Crippen LogP contribution in [-0.4, -0.2) is 5.91 Å². The standard InChI is InChI=1S/C14H11BrClFN2O/c15-8-2-1-3-10(6-8)19-13(14(18)20)11-7-9(16)4-5-12(11)17/h1-7,13,19H,(H2,18,20). The lowest BCUT2D eigenvalue weighted by atomic mass is 10.1. The van der Waals surface area contributed by atoms with Gasteiger partial charge in [0.2, 0.25) is 5.91 Å². The lowest BCUT2D eigenvalue weighted by Gasteiger charge is -2.18. The molecule has 2 aromatic rings. The van der Waals surface area contributed by atoms with Crippen LogP contribution in [0.2, 0.25) is 5.02 Å². The van der Waals surface area contributed by atoms with E-state index >= 15 is 0 Å². The smallest absolute Gasteiger partial charge is 0.244 e. The summed E-state index contributed by atoms with van der Waals surface area (Å²) in [5, 5.41) is 3.24. The SMILES string of the molecule is NC(=O)C(Nc1cccc(Br)c1)c1cc(Cl)ccc1F. The summed E-state index contributed by atoms with van der Waals surface area (Å²) in [6.07, 6.45) is 0. The fourth-order valence-electron chi connectivity index (χ4n) is 1.78. The van der Waals surface area contributed by atoms with Gasteiger partial charge in [0.05, 0.1) is 0 Å². The van der Waals surface area contributed by atoms with Crippen molar-refractivity contribution < 1.29 is 9.18 Å². The summed E-state index contributed by atoms with van der Waals surface area (Å²) in [4.78, 5) is 11.6. The zero-order chi connectivity index (χ0) is 14.7. The molecule has 6 heteroatoms. The van der Waals surface area contributed by atoms with Gasteiger partial charge in [-0.3, -0.25) is 4.79 Å². The summed E-state index contributed by atoms with van der Waals surface area (Å²) < 4.78 is 14.7. The van der Waals surface area contributed by atoms with Crippen molar-refractivity contribution in [1.82, 2.24) is 0 Å². The number of anilines is 1. The van der Waals surface area contributed by atoms with E-state index < -0.39 is 17.8 Å². The van der Waals surface area contributed by atoms with Crippen LogP contribution in [0.5, 0.6) is 0 Å². The van der Waals surface area contributed by atoms with E-state index in [0.29, 0.717) is 10.7 Å². The maximum Gasteiger partial charge on any atom is 0.244 e. The molecular formula is C14H11BrClFN2O. The monoisotopic (exact) mass is 356 g/mol. The summed E-state index contributed by atoms with van der Waals surface area (Å²) >= 11 is 9.16. The average Bonchev–Trinajstić information content (AvgIpc) is 2.39. The lowest BCUT2D eigenvalue weighted by Crippen LogP contribution is -2.28. The fraction of sp³-hybridized carbons (Fsp3) is 0.0714. The second-order valence-corrected chi connectivity index (χ2v) is 5.51. The Labute approximate surface area is 129 Å². The summed E-state index contributed by atoms with van der Waals surface area (Å²) in [5.74, 6) is -1.23. The van der Waals surface area contributed by atoms with Gasteiger partial charge in [0.25, 0.3) is 0 Å². The number of carbonyl (C=O) groups is 1. The van der Waals surface area contributed by atoms with Gasteiger partial charge in [-0.2, -0.15) is 0 Å². The van der Waals surface area contributed by atoms with Crippen LogP contribution in [0.4, 0.5) is 10.1 Å². The van der Waals surface area contributed by atoms with Gasteiger partial charge in [0, 0.05) is 20.7 Å². The molecule has 0 aliphatic rings. The number of hydrogen-bond acceptors (Lipinski definition) is 2. The fourth-order valence-corrected chi connectivity index (χ4v) is 2.36. The van der Waals surface area contributed by atoms with Gasteiger partial charge in [0.15, 0.2) is 0 Å². The van der Waals surface area contributed by atoms with E-state index in [1.54, 1.807) is 18.2 Å². The first-order chi connectivity index (χ1) is 9.47. The Morgan fingerprint density at radius 3 is 2.70 bits per heavy atom. The number of benzene rings is 2. The second-order valence-electron chi connectivity index (χ2n) is 4.16. The molecule has 3 N–H and O–H groups in total. The Morgan fingerprint density at radius 2 is 2.05 bits per heavy atom. The van der Waals surface area contributed by atoms with Crippen LogP contribution in [0.25, 0.3) is 0 Å². The van der Waals surface area contributed by atoms with Crippen molar-refractivity contribution in [2.45, 2.75) is 6.04 Å². The van der Waals surface area contributed by atoms with Gasteiger partial charge in [-0.15, -0.1) is 0 Å².